The average Bonchev–Trinajstić information content (AvgIpc) is 2.75. The van der Waals surface area contributed by atoms with Crippen LogP contribution in [-0.2, 0) is 16.0 Å². The normalized spacial score (nSPS) is 10.6. The molecule has 0 unspecified atom stereocenters. The molecule has 0 fully saturated rings. The SMILES string of the molecule is CCCCCCCCCCCCCC(=O)NNC(=O)COc1ccc(CC)cc1Br. The standard InChI is InChI=1S/C24H39BrN2O3/c1-3-5-6-7-8-9-10-11-12-13-14-15-23(28)26-27-24(29)19-30-22-17-16-20(4-2)18-21(22)25/h16-18H,3-15,19H2,1-2H3,(H,26,28)(H,27,29). The summed E-state index contributed by atoms with van der Waals surface area (Å²) in [7, 11) is 0. The van der Waals surface area contributed by atoms with E-state index >= 15 is 0 Å². The Morgan fingerprint density at radius 2 is 1.40 bits per heavy atom. The van der Waals surface area contributed by atoms with Crippen molar-refractivity contribution in [3.05, 3.63) is 28.2 Å². The van der Waals surface area contributed by atoms with E-state index in [1.807, 2.05) is 18.2 Å². The Morgan fingerprint density at radius 1 is 0.833 bits per heavy atom. The molecule has 0 aliphatic carbocycles. The van der Waals surface area contributed by atoms with Crippen LogP contribution >= 0.6 is 15.9 Å². The highest BCUT2D eigenvalue weighted by molar-refractivity contribution is 9.10. The number of nitrogens with one attached hydrogen (secondary N) is 2. The van der Waals surface area contributed by atoms with Crippen molar-refractivity contribution in [2.24, 2.45) is 0 Å². The molecule has 0 aliphatic rings. The molecule has 5 nitrogen and oxygen atoms in total. The lowest BCUT2D eigenvalue weighted by atomic mass is 10.1. The summed E-state index contributed by atoms with van der Waals surface area (Å²) in [6.45, 7) is 4.17. The van der Waals surface area contributed by atoms with Gasteiger partial charge in [-0.15, -0.1) is 0 Å². The van der Waals surface area contributed by atoms with E-state index in [1.54, 1.807) is 0 Å². The molecule has 0 radical (unpaired) electrons. The van der Waals surface area contributed by atoms with Crippen molar-refractivity contribution < 1.29 is 14.3 Å². The minimum Gasteiger partial charge on any atom is -0.483 e. The van der Waals surface area contributed by atoms with Gasteiger partial charge in [-0.05, 0) is 46.5 Å². The lowest BCUT2D eigenvalue weighted by Gasteiger charge is -2.10. The van der Waals surface area contributed by atoms with E-state index in [4.69, 9.17) is 4.74 Å². The topological polar surface area (TPSA) is 67.4 Å². The van der Waals surface area contributed by atoms with Gasteiger partial charge in [0.15, 0.2) is 6.61 Å². The van der Waals surface area contributed by atoms with Gasteiger partial charge in [0.1, 0.15) is 5.75 Å². The fourth-order valence-corrected chi connectivity index (χ4v) is 3.75. The summed E-state index contributed by atoms with van der Waals surface area (Å²) in [6, 6.07) is 5.78. The Hall–Kier alpha value is -1.56. The first kappa shape index (κ1) is 26.5. The van der Waals surface area contributed by atoms with Crippen molar-refractivity contribution in [3.8, 4) is 5.75 Å². The van der Waals surface area contributed by atoms with Crippen LogP contribution in [0.4, 0.5) is 0 Å². The number of hydrogen-bond donors (Lipinski definition) is 2. The lowest BCUT2D eigenvalue weighted by molar-refractivity contribution is -0.130. The first-order valence-electron chi connectivity index (χ1n) is 11.6. The quantitative estimate of drug-likeness (QED) is 0.216. The highest BCUT2D eigenvalue weighted by Gasteiger charge is 2.08. The molecule has 2 N–H and O–H groups in total. The van der Waals surface area contributed by atoms with Crippen molar-refractivity contribution in [1.29, 1.82) is 0 Å². The third kappa shape index (κ3) is 12.9. The summed E-state index contributed by atoms with van der Waals surface area (Å²) in [5.41, 5.74) is 6.05. The maximum atomic E-state index is 11.8. The minimum absolute atomic E-state index is 0.150. The summed E-state index contributed by atoms with van der Waals surface area (Å²) >= 11 is 3.44. The number of carbonyl (C=O) groups excluding carboxylic acids is 2. The first-order chi connectivity index (χ1) is 14.6. The summed E-state index contributed by atoms with van der Waals surface area (Å²) in [4.78, 5) is 23.7. The summed E-state index contributed by atoms with van der Waals surface area (Å²) < 4.78 is 6.31. The fraction of sp³-hybridized carbons (Fsp3) is 0.667. The summed E-state index contributed by atoms with van der Waals surface area (Å²) in [5, 5.41) is 0. The van der Waals surface area contributed by atoms with Gasteiger partial charge in [0.25, 0.3) is 5.91 Å². The molecule has 0 saturated heterocycles. The van der Waals surface area contributed by atoms with Crippen molar-refractivity contribution in [1.82, 2.24) is 10.9 Å². The number of amides is 2. The van der Waals surface area contributed by atoms with Crippen LogP contribution in [0.1, 0.15) is 96.5 Å². The van der Waals surface area contributed by atoms with Crippen LogP contribution in [0.25, 0.3) is 0 Å². The van der Waals surface area contributed by atoms with Crippen LogP contribution in [0.2, 0.25) is 0 Å². The van der Waals surface area contributed by atoms with E-state index in [0.29, 0.717) is 12.2 Å². The van der Waals surface area contributed by atoms with E-state index in [0.717, 1.165) is 23.7 Å². The molecule has 1 rings (SSSR count). The van der Waals surface area contributed by atoms with Gasteiger partial charge in [0, 0.05) is 6.42 Å². The maximum absolute atomic E-state index is 11.8. The molecule has 1 aromatic carbocycles. The van der Waals surface area contributed by atoms with Gasteiger partial charge in [-0.2, -0.15) is 0 Å². The van der Waals surface area contributed by atoms with E-state index in [1.165, 1.54) is 63.4 Å². The van der Waals surface area contributed by atoms with Crippen molar-refractivity contribution in [2.75, 3.05) is 6.61 Å². The molecule has 0 atom stereocenters. The first-order valence-corrected chi connectivity index (χ1v) is 12.3. The van der Waals surface area contributed by atoms with Crippen LogP contribution in [0, 0.1) is 0 Å². The van der Waals surface area contributed by atoms with Crippen molar-refractivity contribution in [2.45, 2.75) is 97.3 Å². The van der Waals surface area contributed by atoms with Gasteiger partial charge >= 0.3 is 0 Å². The van der Waals surface area contributed by atoms with E-state index < -0.39 is 0 Å². The van der Waals surface area contributed by atoms with Gasteiger partial charge in [-0.25, -0.2) is 0 Å². The number of halogens is 1. The summed E-state index contributed by atoms with van der Waals surface area (Å²) in [5.74, 6) is 0.0659. The van der Waals surface area contributed by atoms with E-state index in [2.05, 4.69) is 40.6 Å². The maximum Gasteiger partial charge on any atom is 0.276 e. The largest absolute Gasteiger partial charge is 0.483 e. The second-order valence-corrected chi connectivity index (χ2v) is 8.64. The second kappa shape index (κ2) is 17.2. The molecule has 1 aromatic rings. The number of rotatable bonds is 16. The molecular formula is C24H39BrN2O3. The Labute approximate surface area is 190 Å². The summed E-state index contributed by atoms with van der Waals surface area (Å²) in [6.07, 6.45) is 15.1. The van der Waals surface area contributed by atoms with Gasteiger partial charge < -0.3 is 4.74 Å². The second-order valence-electron chi connectivity index (χ2n) is 7.79. The monoisotopic (exact) mass is 482 g/mol. The fourth-order valence-electron chi connectivity index (χ4n) is 3.21. The van der Waals surface area contributed by atoms with Gasteiger partial charge in [0.2, 0.25) is 5.91 Å². The zero-order valence-electron chi connectivity index (χ0n) is 18.7. The predicted octanol–water partition coefficient (Wildman–Crippen LogP) is 6.24. The van der Waals surface area contributed by atoms with E-state index in [9.17, 15) is 9.59 Å². The zero-order chi connectivity index (χ0) is 22.0. The van der Waals surface area contributed by atoms with Crippen LogP contribution in [0.3, 0.4) is 0 Å². The number of unbranched alkanes of at least 4 members (excludes halogenated alkanes) is 10. The van der Waals surface area contributed by atoms with Crippen LogP contribution in [-0.4, -0.2) is 18.4 Å². The average molecular weight is 483 g/mol. The smallest absolute Gasteiger partial charge is 0.276 e. The molecule has 0 saturated carbocycles. The molecule has 0 aromatic heterocycles. The minimum atomic E-state index is -0.381. The third-order valence-corrected chi connectivity index (χ3v) is 5.73. The Morgan fingerprint density at radius 3 is 1.97 bits per heavy atom. The lowest BCUT2D eigenvalue weighted by Crippen LogP contribution is -2.43. The number of hydrazine groups is 1. The molecule has 0 bridgehead atoms. The molecule has 2 amide bonds. The van der Waals surface area contributed by atoms with E-state index in [-0.39, 0.29) is 18.4 Å². The zero-order valence-corrected chi connectivity index (χ0v) is 20.3. The number of hydrogen-bond acceptors (Lipinski definition) is 3. The predicted molar refractivity (Wildman–Crippen MR) is 126 cm³/mol. The van der Waals surface area contributed by atoms with Crippen molar-refractivity contribution >= 4 is 27.7 Å². The molecule has 0 aliphatic heterocycles. The number of ether oxygens (including phenoxy) is 1. The highest BCUT2D eigenvalue weighted by atomic mass is 79.9. The van der Waals surface area contributed by atoms with Gasteiger partial charge in [-0.3, -0.25) is 20.4 Å². The Kier molecular flexibility index (Phi) is 15.1. The van der Waals surface area contributed by atoms with Crippen molar-refractivity contribution in [3.63, 3.8) is 0 Å². The van der Waals surface area contributed by atoms with Crippen LogP contribution in [0.15, 0.2) is 22.7 Å². The molecular weight excluding hydrogens is 444 g/mol. The van der Waals surface area contributed by atoms with Crippen LogP contribution in [0.5, 0.6) is 5.75 Å². The highest BCUT2D eigenvalue weighted by Crippen LogP contribution is 2.26. The van der Waals surface area contributed by atoms with Crippen LogP contribution < -0.4 is 15.6 Å². The molecule has 0 heterocycles. The Balaban J connectivity index is 2.00. The molecule has 6 heteroatoms. The number of carbonyl (C=O) groups is 2. The van der Waals surface area contributed by atoms with Gasteiger partial charge in [-0.1, -0.05) is 84.1 Å². The Bertz CT molecular complexity index is 622. The molecule has 170 valence electrons. The number of aryl methyl sites for hydroxylation is 1. The van der Waals surface area contributed by atoms with Gasteiger partial charge in [0.05, 0.1) is 4.47 Å². The number of benzene rings is 1. The third-order valence-electron chi connectivity index (χ3n) is 5.11. The molecule has 0 spiro atoms. The molecule has 30 heavy (non-hydrogen) atoms.